The van der Waals surface area contributed by atoms with Crippen LogP contribution in [0.4, 0.5) is 4.79 Å². The van der Waals surface area contributed by atoms with Crippen molar-refractivity contribution in [1.82, 2.24) is 4.57 Å². The first-order valence-electron chi connectivity index (χ1n) is 5.79. The first kappa shape index (κ1) is 13.1. The Balaban J connectivity index is 2.55. The van der Waals surface area contributed by atoms with Crippen LogP contribution in [-0.2, 0) is 4.74 Å². The molecule has 0 atom stereocenters. The average molecular weight is 310 g/mol. The van der Waals surface area contributed by atoms with Crippen LogP contribution in [0.25, 0.3) is 10.9 Å². The summed E-state index contributed by atoms with van der Waals surface area (Å²) in [5.41, 5.74) is 1.44. The molecule has 0 saturated heterocycles. The fourth-order valence-corrected chi connectivity index (χ4v) is 2.40. The fraction of sp³-hybridized carbons (Fsp3) is 0.357. The number of carbonyl (C=O) groups is 1. The first-order chi connectivity index (χ1) is 8.29. The maximum atomic E-state index is 12.2. The van der Waals surface area contributed by atoms with Crippen molar-refractivity contribution in [3.63, 3.8) is 0 Å². The Labute approximate surface area is 115 Å². The van der Waals surface area contributed by atoms with Crippen LogP contribution in [0, 0.1) is 6.92 Å². The van der Waals surface area contributed by atoms with Gasteiger partial charge in [0.15, 0.2) is 0 Å². The van der Waals surface area contributed by atoms with Gasteiger partial charge in [-0.05, 0) is 49.2 Å². The van der Waals surface area contributed by atoms with Crippen LogP contribution in [0.1, 0.15) is 26.3 Å². The van der Waals surface area contributed by atoms with E-state index in [1.165, 1.54) is 0 Å². The van der Waals surface area contributed by atoms with E-state index in [4.69, 9.17) is 4.74 Å². The zero-order chi connectivity index (χ0) is 13.5. The second kappa shape index (κ2) is 4.43. The highest BCUT2D eigenvalue weighted by molar-refractivity contribution is 9.10. The van der Waals surface area contributed by atoms with Crippen molar-refractivity contribution >= 4 is 32.9 Å². The summed E-state index contributed by atoms with van der Waals surface area (Å²) in [6, 6.07) is 5.94. The molecular formula is C14H16BrNO2. The molecule has 0 spiro atoms. The molecule has 0 bridgehead atoms. The molecule has 4 heteroatoms. The molecule has 2 rings (SSSR count). The smallest absolute Gasteiger partial charge is 0.419 e. The molecule has 0 aliphatic heterocycles. The number of nitrogens with zero attached hydrogens (tertiary/aromatic N) is 1. The maximum absolute atomic E-state index is 12.2. The minimum absolute atomic E-state index is 0.354. The summed E-state index contributed by atoms with van der Waals surface area (Å²) < 4.78 is 7.85. The number of ether oxygens (including phenoxy) is 1. The van der Waals surface area contributed by atoms with Gasteiger partial charge >= 0.3 is 6.09 Å². The molecule has 0 N–H and O–H groups in total. The number of hydrogen-bond acceptors (Lipinski definition) is 2. The minimum Gasteiger partial charge on any atom is -0.443 e. The van der Waals surface area contributed by atoms with Crippen molar-refractivity contribution in [2.24, 2.45) is 0 Å². The second-order valence-corrected chi connectivity index (χ2v) is 6.15. The van der Waals surface area contributed by atoms with Gasteiger partial charge in [0.2, 0.25) is 0 Å². The van der Waals surface area contributed by atoms with Crippen LogP contribution in [0.15, 0.2) is 28.9 Å². The summed E-state index contributed by atoms with van der Waals surface area (Å²) in [7, 11) is 0. The Morgan fingerprint density at radius 2 is 2.00 bits per heavy atom. The monoisotopic (exact) mass is 309 g/mol. The lowest BCUT2D eigenvalue weighted by Crippen LogP contribution is -2.26. The van der Waals surface area contributed by atoms with E-state index in [9.17, 15) is 4.79 Å². The lowest BCUT2D eigenvalue weighted by Gasteiger charge is -2.20. The highest BCUT2D eigenvalue weighted by atomic mass is 79.9. The number of para-hydroxylation sites is 1. The van der Waals surface area contributed by atoms with Crippen molar-refractivity contribution in [2.45, 2.75) is 33.3 Å². The SMILES string of the molecule is Cc1cccc2c(Br)cn(C(=O)OC(C)(C)C)c12. The Hall–Kier alpha value is -1.29. The van der Waals surface area contributed by atoms with Crippen molar-refractivity contribution < 1.29 is 9.53 Å². The molecule has 0 radical (unpaired) electrons. The van der Waals surface area contributed by atoms with Crippen molar-refractivity contribution in [1.29, 1.82) is 0 Å². The Morgan fingerprint density at radius 1 is 1.33 bits per heavy atom. The lowest BCUT2D eigenvalue weighted by atomic mass is 10.2. The van der Waals surface area contributed by atoms with Crippen molar-refractivity contribution in [3.05, 3.63) is 34.4 Å². The summed E-state index contributed by atoms with van der Waals surface area (Å²) in [6.07, 6.45) is 1.40. The summed E-state index contributed by atoms with van der Waals surface area (Å²) in [5, 5.41) is 1.01. The number of carbonyl (C=O) groups excluding carboxylic acids is 1. The molecule has 1 heterocycles. The molecule has 1 aromatic carbocycles. The van der Waals surface area contributed by atoms with Gasteiger partial charge in [-0.3, -0.25) is 4.57 Å². The van der Waals surface area contributed by atoms with Gasteiger partial charge in [0.1, 0.15) is 5.60 Å². The quantitative estimate of drug-likeness (QED) is 0.717. The number of fused-ring (bicyclic) bond motifs is 1. The molecule has 0 saturated carbocycles. The van der Waals surface area contributed by atoms with Gasteiger partial charge in [-0.25, -0.2) is 4.79 Å². The molecule has 2 aromatic rings. The second-order valence-electron chi connectivity index (χ2n) is 5.30. The van der Waals surface area contributed by atoms with E-state index in [0.29, 0.717) is 0 Å². The molecule has 3 nitrogen and oxygen atoms in total. The number of rotatable bonds is 0. The summed E-state index contributed by atoms with van der Waals surface area (Å²) in [4.78, 5) is 12.2. The topological polar surface area (TPSA) is 31.2 Å². The standard InChI is InChI=1S/C14H16BrNO2/c1-9-6-5-7-10-11(15)8-16(12(9)10)13(17)18-14(2,3)4/h5-8H,1-4H3. The van der Waals surface area contributed by atoms with Gasteiger partial charge in [-0.2, -0.15) is 0 Å². The molecule has 0 aliphatic rings. The van der Waals surface area contributed by atoms with E-state index in [1.807, 2.05) is 45.9 Å². The molecule has 96 valence electrons. The van der Waals surface area contributed by atoms with Crippen LogP contribution in [0.2, 0.25) is 0 Å². The minimum atomic E-state index is -0.497. The van der Waals surface area contributed by atoms with Gasteiger partial charge in [0.25, 0.3) is 0 Å². The van der Waals surface area contributed by atoms with Crippen molar-refractivity contribution in [2.75, 3.05) is 0 Å². The molecule has 18 heavy (non-hydrogen) atoms. The van der Waals surface area contributed by atoms with Crippen LogP contribution in [-0.4, -0.2) is 16.3 Å². The first-order valence-corrected chi connectivity index (χ1v) is 6.58. The molecule has 1 aromatic heterocycles. The summed E-state index contributed by atoms with van der Waals surface area (Å²) in [6.45, 7) is 7.56. The Bertz CT molecular complexity index is 608. The lowest BCUT2D eigenvalue weighted by molar-refractivity contribution is 0.0544. The highest BCUT2D eigenvalue weighted by Crippen LogP contribution is 2.29. The van der Waals surface area contributed by atoms with E-state index < -0.39 is 5.60 Å². The van der Waals surface area contributed by atoms with Crippen LogP contribution in [0.5, 0.6) is 0 Å². The van der Waals surface area contributed by atoms with E-state index in [-0.39, 0.29) is 6.09 Å². The third kappa shape index (κ3) is 2.43. The van der Waals surface area contributed by atoms with E-state index >= 15 is 0 Å². The highest BCUT2D eigenvalue weighted by Gasteiger charge is 2.20. The number of halogens is 1. The van der Waals surface area contributed by atoms with Gasteiger partial charge in [-0.15, -0.1) is 0 Å². The third-order valence-electron chi connectivity index (χ3n) is 2.57. The molecule has 0 unspecified atom stereocenters. The normalized spacial score (nSPS) is 11.8. The Morgan fingerprint density at radius 3 is 2.61 bits per heavy atom. The summed E-state index contributed by atoms with van der Waals surface area (Å²) >= 11 is 3.47. The number of aromatic nitrogens is 1. The largest absolute Gasteiger partial charge is 0.443 e. The van der Waals surface area contributed by atoms with Gasteiger partial charge < -0.3 is 4.74 Å². The van der Waals surface area contributed by atoms with Crippen molar-refractivity contribution in [3.8, 4) is 0 Å². The molecule has 0 fully saturated rings. The predicted molar refractivity (Wildman–Crippen MR) is 76.0 cm³/mol. The van der Waals surface area contributed by atoms with Gasteiger partial charge in [0, 0.05) is 16.1 Å². The number of hydrogen-bond donors (Lipinski definition) is 0. The summed E-state index contributed by atoms with van der Waals surface area (Å²) in [5.74, 6) is 0. The number of aryl methyl sites for hydroxylation is 1. The van der Waals surface area contributed by atoms with Gasteiger partial charge in [0.05, 0.1) is 5.52 Å². The van der Waals surface area contributed by atoms with E-state index in [0.717, 1.165) is 20.9 Å². The zero-order valence-electron chi connectivity index (χ0n) is 11.0. The zero-order valence-corrected chi connectivity index (χ0v) is 12.5. The molecule has 0 aliphatic carbocycles. The van der Waals surface area contributed by atoms with Gasteiger partial charge in [-0.1, -0.05) is 18.2 Å². The maximum Gasteiger partial charge on any atom is 0.419 e. The Kier molecular flexibility index (Phi) is 3.23. The van der Waals surface area contributed by atoms with Crippen LogP contribution in [0.3, 0.4) is 0 Å². The van der Waals surface area contributed by atoms with Crippen LogP contribution >= 0.6 is 15.9 Å². The predicted octanol–water partition coefficient (Wildman–Crippen LogP) is 4.50. The third-order valence-corrected chi connectivity index (χ3v) is 3.20. The molecular weight excluding hydrogens is 294 g/mol. The van der Waals surface area contributed by atoms with Crippen LogP contribution < -0.4 is 0 Å². The average Bonchev–Trinajstić information content (AvgIpc) is 2.56. The van der Waals surface area contributed by atoms with E-state index in [1.54, 1.807) is 10.8 Å². The molecule has 0 amide bonds. The fourth-order valence-electron chi connectivity index (χ4n) is 1.87. The van der Waals surface area contributed by atoms with E-state index in [2.05, 4.69) is 15.9 Å². The number of benzene rings is 1.